The standard InChI is InChI=1S/C28H35Cl3O7/c1-17(2)34-15-24(38-19(4)33)16-35-22-9-7-20(8-10-22)28(5,6)21-11-25(30)27(26(31)12-21)36-14-23(13-29)37-18(3)32/h7-12,17,23-24H,13-16H2,1-6H3. The minimum Gasteiger partial charge on any atom is -0.490 e. The van der Waals surface area contributed by atoms with E-state index >= 15 is 0 Å². The van der Waals surface area contributed by atoms with Gasteiger partial charge in [0.2, 0.25) is 0 Å². The predicted molar refractivity (Wildman–Crippen MR) is 149 cm³/mol. The number of rotatable bonds is 14. The van der Waals surface area contributed by atoms with Crippen LogP contribution < -0.4 is 9.47 Å². The number of esters is 2. The maximum absolute atomic E-state index is 11.4. The molecular weight excluding hydrogens is 555 g/mol. The summed E-state index contributed by atoms with van der Waals surface area (Å²) in [5.74, 6) is 0.167. The molecule has 2 aromatic rings. The van der Waals surface area contributed by atoms with Crippen molar-refractivity contribution >= 4 is 46.7 Å². The van der Waals surface area contributed by atoms with E-state index in [-0.39, 0.29) is 37.8 Å². The van der Waals surface area contributed by atoms with Gasteiger partial charge in [0.1, 0.15) is 25.1 Å². The van der Waals surface area contributed by atoms with Crippen molar-refractivity contribution in [3.63, 3.8) is 0 Å². The Hall–Kier alpha value is -2.19. The van der Waals surface area contributed by atoms with Crippen molar-refractivity contribution in [1.82, 2.24) is 0 Å². The first-order chi connectivity index (χ1) is 17.8. The van der Waals surface area contributed by atoms with E-state index in [1.54, 1.807) is 12.1 Å². The van der Waals surface area contributed by atoms with E-state index in [4.69, 9.17) is 58.5 Å². The Kier molecular flexibility index (Phi) is 12.5. The van der Waals surface area contributed by atoms with Gasteiger partial charge in [0.15, 0.2) is 11.9 Å². The van der Waals surface area contributed by atoms with Gasteiger partial charge in [-0.15, -0.1) is 11.6 Å². The zero-order chi connectivity index (χ0) is 28.5. The molecule has 0 saturated heterocycles. The van der Waals surface area contributed by atoms with Gasteiger partial charge in [0, 0.05) is 19.3 Å². The van der Waals surface area contributed by atoms with Crippen molar-refractivity contribution in [2.45, 2.75) is 65.3 Å². The molecule has 2 aromatic carbocycles. The highest BCUT2D eigenvalue weighted by atomic mass is 35.5. The molecule has 0 N–H and O–H groups in total. The number of benzene rings is 2. The fourth-order valence-corrected chi connectivity index (χ4v) is 4.30. The topological polar surface area (TPSA) is 80.3 Å². The fourth-order valence-electron chi connectivity index (χ4n) is 3.55. The van der Waals surface area contributed by atoms with Crippen molar-refractivity contribution < 1.29 is 33.3 Å². The lowest BCUT2D eigenvalue weighted by atomic mass is 9.78. The van der Waals surface area contributed by atoms with E-state index in [9.17, 15) is 9.59 Å². The number of hydrogen-bond acceptors (Lipinski definition) is 7. The minimum absolute atomic E-state index is 0.0144. The third-order valence-electron chi connectivity index (χ3n) is 5.60. The second-order valence-electron chi connectivity index (χ2n) is 9.54. The van der Waals surface area contributed by atoms with Gasteiger partial charge in [-0.2, -0.15) is 0 Å². The van der Waals surface area contributed by atoms with Crippen LogP contribution in [0.5, 0.6) is 11.5 Å². The number of alkyl halides is 1. The van der Waals surface area contributed by atoms with E-state index in [1.165, 1.54) is 13.8 Å². The molecule has 0 aromatic heterocycles. The van der Waals surface area contributed by atoms with Crippen molar-refractivity contribution in [1.29, 1.82) is 0 Å². The first-order valence-electron chi connectivity index (χ1n) is 12.2. The molecule has 0 aliphatic rings. The Balaban J connectivity index is 2.12. The lowest BCUT2D eigenvalue weighted by Crippen LogP contribution is -2.30. The molecule has 0 radical (unpaired) electrons. The average molecular weight is 590 g/mol. The SMILES string of the molecule is CC(=O)OC(CCl)COc1c(Cl)cc(C(C)(C)c2ccc(OCC(COC(C)C)OC(C)=O)cc2)cc1Cl. The molecule has 210 valence electrons. The summed E-state index contributed by atoms with van der Waals surface area (Å²) in [4.78, 5) is 22.6. The Morgan fingerprint density at radius 3 is 1.84 bits per heavy atom. The molecule has 0 bridgehead atoms. The van der Waals surface area contributed by atoms with Crippen molar-refractivity contribution in [2.75, 3.05) is 25.7 Å². The number of carbonyl (C=O) groups is 2. The van der Waals surface area contributed by atoms with Crippen LogP contribution in [0.1, 0.15) is 52.7 Å². The van der Waals surface area contributed by atoms with Gasteiger partial charge in [0.25, 0.3) is 0 Å². The molecule has 0 heterocycles. The number of ether oxygens (including phenoxy) is 5. The molecule has 0 aliphatic carbocycles. The summed E-state index contributed by atoms with van der Waals surface area (Å²) in [7, 11) is 0. The second-order valence-corrected chi connectivity index (χ2v) is 10.7. The fraction of sp³-hybridized carbons (Fsp3) is 0.500. The molecule has 2 atom stereocenters. The third kappa shape index (κ3) is 9.84. The maximum atomic E-state index is 11.4. The monoisotopic (exact) mass is 588 g/mol. The van der Waals surface area contributed by atoms with Crippen LogP contribution in [0.15, 0.2) is 36.4 Å². The van der Waals surface area contributed by atoms with Crippen LogP contribution in [0, 0.1) is 0 Å². The molecular formula is C28H35Cl3O7. The van der Waals surface area contributed by atoms with Crippen molar-refractivity contribution in [3.8, 4) is 11.5 Å². The molecule has 7 nitrogen and oxygen atoms in total. The second kappa shape index (κ2) is 14.8. The first kappa shape index (κ1) is 32.0. The molecule has 0 fully saturated rings. The van der Waals surface area contributed by atoms with E-state index in [0.717, 1.165) is 11.1 Å². The third-order valence-corrected chi connectivity index (χ3v) is 6.50. The van der Waals surface area contributed by atoms with Crippen molar-refractivity contribution in [3.05, 3.63) is 57.6 Å². The molecule has 0 amide bonds. The van der Waals surface area contributed by atoms with Gasteiger partial charge in [-0.05, 0) is 49.2 Å². The van der Waals surface area contributed by atoms with Crippen LogP contribution in [0.2, 0.25) is 10.0 Å². The highest BCUT2D eigenvalue weighted by Crippen LogP contribution is 2.40. The molecule has 0 spiro atoms. The van der Waals surface area contributed by atoms with E-state index < -0.39 is 23.6 Å². The molecule has 0 aliphatic heterocycles. The Morgan fingerprint density at radius 2 is 1.34 bits per heavy atom. The average Bonchev–Trinajstić information content (AvgIpc) is 2.83. The van der Waals surface area contributed by atoms with Gasteiger partial charge in [0.05, 0.1) is 28.6 Å². The van der Waals surface area contributed by atoms with Gasteiger partial charge in [-0.3, -0.25) is 9.59 Å². The Morgan fingerprint density at radius 1 is 0.816 bits per heavy atom. The summed E-state index contributed by atoms with van der Waals surface area (Å²) >= 11 is 18.9. The van der Waals surface area contributed by atoms with Crippen LogP contribution in [0.3, 0.4) is 0 Å². The van der Waals surface area contributed by atoms with Crippen LogP contribution >= 0.6 is 34.8 Å². The van der Waals surface area contributed by atoms with Crippen LogP contribution in [0.4, 0.5) is 0 Å². The maximum Gasteiger partial charge on any atom is 0.303 e. The van der Waals surface area contributed by atoms with Crippen LogP contribution in [0.25, 0.3) is 0 Å². The quantitative estimate of drug-likeness (QED) is 0.181. The van der Waals surface area contributed by atoms with Crippen LogP contribution in [-0.2, 0) is 29.2 Å². The summed E-state index contributed by atoms with van der Waals surface area (Å²) in [5.41, 5.74) is 1.43. The Labute approximate surface area is 239 Å². The highest BCUT2D eigenvalue weighted by molar-refractivity contribution is 6.37. The molecule has 2 rings (SSSR count). The predicted octanol–water partition coefficient (Wildman–Crippen LogP) is 6.60. The zero-order valence-electron chi connectivity index (χ0n) is 22.5. The summed E-state index contributed by atoms with van der Waals surface area (Å²) in [6.45, 7) is 11.0. The molecule has 0 saturated carbocycles. The van der Waals surface area contributed by atoms with E-state index in [1.807, 2.05) is 38.1 Å². The van der Waals surface area contributed by atoms with E-state index in [0.29, 0.717) is 21.5 Å². The lowest BCUT2D eigenvalue weighted by molar-refractivity contribution is -0.152. The van der Waals surface area contributed by atoms with Crippen molar-refractivity contribution in [2.24, 2.45) is 0 Å². The molecule has 38 heavy (non-hydrogen) atoms. The summed E-state index contributed by atoms with van der Waals surface area (Å²) < 4.78 is 27.5. The summed E-state index contributed by atoms with van der Waals surface area (Å²) in [6, 6.07) is 11.2. The van der Waals surface area contributed by atoms with E-state index in [2.05, 4.69) is 13.8 Å². The first-order valence-corrected chi connectivity index (χ1v) is 13.5. The molecule has 2 unspecified atom stereocenters. The summed E-state index contributed by atoms with van der Waals surface area (Å²) in [6.07, 6.45) is -1.12. The van der Waals surface area contributed by atoms with Gasteiger partial charge in [-0.1, -0.05) is 49.2 Å². The zero-order valence-corrected chi connectivity index (χ0v) is 24.8. The summed E-state index contributed by atoms with van der Waals surface area (Å²) in [5, 5.41) is 0.661. The minimum atomic E-state index is -0.620. The van der Waals surface area contributed by atoms with Gasteiger partial charge < -0.3 is 23.7 Å². The molecule has 10 heteroatoms. The lowest BCUT2D eigenvalue weighted by Gasteiger charge is -2.27. The number of halogens is 3. The Bertz CT molecular complexity index is 1050. The van der Waals surface area contributed by atoms with Crippen LogP contribution in [-0.4, -0.2) is 56.0 Å². The smallest absolute Gasteiger partial charge is 0.303 e. The van der Waals surface area contributed by atoms with Gasteiger partial charge in [-0.25, -0.2) is 0 Å². The number of carbonyl (C=O) groups excluding carboxylic acids is 2. The van der Waals surface area contributed by atoms with Gasteiger partial charge >= 0.3 is 11.9 Å². The number of hydrogen-bond donors (Lipinski definition) is 0. The largest absolute Gasteiger partial charge is 0.490 e. The normalized spacial score (nSPS) is 13.1. The highest BCUT2D eigenvalue weighted by Gasteiger charge is 2.26.